The number of isothiocyanates is 1. The minimum atomic E-state index is -1.07. The van der Waals surface area contributed by atoms with E-state index in [1.54, 1.807) is 72.8 Å². The molecular formula is C37H44N4O8S2. The average Bonchev–Trinajstić information content (AvgIpc) is 3.07. The Bertz CT molecular complexity index is 1780. The van der Waals surface area contributed by atoms with E-state index in [1.807, 2.05) is 26.0 Å². The summed E-state index contributed by atoms with van der Waals surface area (Å²) in [6, 6.07) is 24.6. The largest absolute Gasteiger partial charge is 0.508 e. The lowest BCUT2D eigenvalue weighted by atomic mass is 10.1. The lowest BCUT2D eigenvalue weighted by molar-refractivity contribution is -0.139. The Labute approximate surface area is 308 Å². The number of rotatable bonds is 11. The van der Waals surface area contributed by atoms with E-state index in [0.717, 1.165) is 11.1 Å². The number of nitrogens with zero attached hydrogens (tertiary/aromatic N) is 1. The molecule has 0 bridgehead atoms. The van der Waals surface area contributed by atoms with Crippen molar-refractivity contribution in [2.24, 2.45) is 10.7 Å². The number of aliphatic carboxylic acids is 2. The van der Waals surface area contributed by atoms with Gasteiger partial charge in [0.15, 0.2) is 5.11 Å². The Morgan fingerprint density at radius 3 is 1.71 bits per heavy atom. The number of carboxylic acid groups (broad SMARTS) is 2. The minimum absolute atomic E-state index is 0. The van der Waals surface area contributed by atoms with Gasteiger partial charge in [-0.25, -0.2) is 9.79 Å². The summed E-state index contributed by atoms with van der Waals surface area (Å²) in [5.74, 6) is -1.62. The van der Waals surface area contributed by atoms with E-state index < -0.39 is 24.0 Å². The molecule has 4 atom stereocenters. The van der Waals surface area contributed by atoms with Gasteiger partial charge in [0, 0.05) is 12.8 Å². The first kappa shape index (κ1) is 43.5. The minimum Gasteiger partial charge on any atom is -0.508 e. The van der Waals surface area contributed by atoms with Crippen molar-refractivity contribution in [3.63, 3.8) is 0 Å². The molecule has 0 spiro atoms. The molecule has 2 unspecified atom stereocenters. The SMILES string of the molecule is C.C[C@@H](N=C=S)c1cccc(O)c1.C[C@@H](NC(=S)NC(Cc1ccccc1O)C(=O)O)c1cccc(O)c1.NC(Cc1ccccc1O)C(=O)O. The zero-order valence-electron chi connectivity index (χ0n) is 27.3. The normalized spacial score (nSPS) is 12.2. The number of carboxylic acids is 2. The monoisotopic (exact) mass is 736 g/mol. The topological polar surface area (TPSA) is 218 Å². The third kappa shape index (κ3) is 15.7. The molecule has 0 radical (unpaired) electrons. The van der Waals surface area contributed by atoms with Crippen molar-refractivity contribution in [3.8, 4) is 23.0 Å². The van der Waals surface area contributed by atoms with Gasteiger partial charge in [0.1, 0.15) is 35.1 Å². The van der Waals surface area contributed by atoms with Gasteiger partial charge in [-0.3, -0.25) is 4.79 Å². The van der Waals surface area contributed by atoms with Crippen molar-refractivity contribution in [3.05, 3.63) is 119 Å². The van der Waals surface area contributed by atoms with Gasteiger partial charge in [0.05, 0.1) is 17.2 Å². The van der Waals surface area contributed by atoms with Gasteiger partial charge >= 0.3 is 11.9 Å². The quantitative estimate of drug-likeness (QED) is 0.0652. The van der Waals surface area contributed by atoms with Crippen LogP contribution in [0.3, 0.4) is 0 Å². The lowest BCUT2D eigenvalue weighted by Gasteiger charge is -2.21. The Balaban J connectivity index is 0.000000421. The van der Waals surface area contributed by atoms with Gasteiger partial charge in [-0.1, -0.05) is 68.1 Å². The molecule has 0 amide bonds. The third-order valence-electron chi connectivity index (χ3n) is 7.08. The van der Waals surface area contributed by atoms with Crippen molar-refractivity contribution in [2.75, 3.05) is 0 Å². The smallest absolute Gasteiger partial charge is 0.326 e. The number of aromatic hydroxyl groups is 4. The molecule has 10 N–H and O–H groups in total. The molecule has 0 fully saturated rings. The van der Waals surface area contributed by atoms with Crippen LogP contribution in [-0.2, 0) is 22.4 Å². The maximum atomic E-state index is 11.5. The zero-order valence-corrected chi connectivity index (χ0v) is 28.9. The van der Waals surface area contributed by atoms with Crippen molar-refractivity contribution in [1.82, 2.24) is 10.6 Å². The van der Waals surface area contributed by atoms with Gasteiger partial charge in [-0.05, 0) is 96.9 Å². The standard InChI is InChI=1S/C18H20N2O4S.C9H11NO3.C9H9NOS.CH4/c1-11(12-6-4-7-14(21)9-12)19-18(25)20-15(17(23)24)10-13-5-2-3-8-16(13)22;10-7(9(12)13)5-6-3-1-2-4-8(6)11;1-7(10-6-12)8-3-2-4-9(11)5-8;/h2-9,11,15,21-22H,10H2,1H3,(H,23,24)(H2,19,20,25);1-4,7,11H,5,10H2,(H,12,13);2-5,7,11H,1H3;1H4/t11-,15?;;7-;/m1.1./s1. The van der Waals surface area contributed by atoms with Gasteiger partial charge in [-0.2, -0.15) is 0 Å². The molecule has 0 saturated heterocycles. The highest BCUT2D eigenvalue weighted by Crippen LogP contribution is 2.21. The first-order chi connectivity index (χ1) is 23.7. The number of benzene rings is 4. The Hall–Kier alpha value is -5.53. The summed E-state index contributed by atoms with van der Waals surface area (Å²) < 4.78 is 0. The molecule has 51 heavy (non-hydrogen) atoms. The molecule has 0 saturated carbocycles. The highest BCUT2D eigenvalue weighted by molar-refractivity contribution is 7.80. The highest BCUT2D eigenvalue weighted by atomic mass is 32.1. The van der Waals surface area contributed by atoms with Crippen molar-refractivity contribution < 1.29 is 40.2 Å². The van der Waals surface area contributed by atoms with E-state index in [4.69, 9.17) is 28.2 Å². The predicted molar refractivity (Wildman–Crippen MR) is 204 cm³/mol. The third-order valence-corrected chi connectivity index (χ3v) is 7.43. The van der Waals surface area contributed by atoms with E-state index in [0.29, 0.717) is 11.1 Å². The number of nitrogens with two attached hydrogens (primary N) is 1. The van der Waals surface area contributed by atoms with Crippen molar-refractivity contribution in [2.45, 2.75) is 58.3 Å². The van der Waals surface area contributed by atoms with E-state index >= 15 is 0 Å². The van der Waals surface area contributed by atoms with Crippen LogP contribution in [0.4, 0.5) is 0 Å². The summed E-state index contributed by atoms with van der Waals surface area (Å²) >= 11 is 9.68. The second-order valence-corrected chi connectivity index (χ2v) is 11.5. The van der Waals surface area contributed by atoms with Crippen LogP contribution in [0.1, 0.15) is 55.6 Å². The number of nitrogens with one attached hydrogen (secondary N) is 2. The summed E-state index contributed by atoms with van der Waals surface area (Å²) in [6.07, 6.45) is 0.229. The molecule has 0 aromatic heterocycles. The van der Waals surface area contributed by atoms with E-state index in [-0.39, 0.29) is 60.5 Å². The summed E-state index contributed by atoms with van der Waals surface area (Å²) in [7, 11) is 0. The number of hydrogen-bond donors (Lipinski definition) is 9. The molecule has 4 aromatic rings. The number of hydrogen-bond acceptors (Lipinski definition) is 10. The average molecular weight is 737 g/mol. The number of carbonyl (C=O) groups is 2. The number of phenolic OH excluding ortho intramolecular Hbond substituents is 4. The van der Waals surface area contributed by atoms with Gasteiger partial charge < -0.3 is 47.0 Å². The van der Waals surface area contributed by atoms with E-state index in [2.05, 4.69) is 33.0 Å². The second kappa shape index (κ2) is 22.2. The first-order valence-electron chi connectivity index (χ1n) is 15.2. The fraction of sp³-hybridized carbons (Fsp3) is 0.243. The van der Waals surface area contributed by atoms with Crippen LogP contribution >= 0.6 is 24.4 Å². The van der Waals surface area contributed by atoms with Crippen molar-refractivity contribution in [1.29, 1.82) is 0 Å². The van der Waals surface area contributed by atoms with Gasteiger partial charge in [-0.15, -0.1) is 0 Å². The molecular weight excluding hydrogens is 693 g/mol. The van der Waals surface area contributed by atoms with Crippen LogP contribution < -0.4 is 16.4 Å². The van der Waals surface area contributed by atoms with Crippen molar-refractivity contribution >= 4 is 46.6 Å². The highest BCUT2D eigenvalue weighted by Gasteiger charge is 2.21. The van der Waals surface area contributed by atoms with Gasteiger partial charge in [0.2, 0.25) is 0 Å². The Morgan fingerprint density at radius 1 is 0.745 bits per heavy atom. The summed E-state index contributed by atoms with van der Waals surface area (Å²) in [4.78, 5) is 25.8. The van der Waals surface area contributed by atoms with E-state index in [1.165, 1.54) is 12.1 Å². The molecule has 4 rings (SSSR count). The number of phenols is 4. The summed E-state index contributed by atoms with van der Waals surface area (Å²) in [5.41, 5.74) is 8.13. The molecule has 12 nitrogen and oxygen atoms in total. The molecule has 0 heterocycles. The zero-order chi connectivity index (χ0) is 37.2. The molecule has 14 heteroatoms. The maximum absolute atomic E-state index is 11.5. The summed E-state index contributed by atoms with van der Waals surface area (Å²) in [5, 5.41) is 63.9. The predicted octanol–water partition coefficient (Wildman–Crippen LogP) is 5.86. The molecule has 0 aliphatic carbocycles. The maximum Gasteiger partial charge on any atom is 0.326 e. The molecule has 0 aliphatic rings. The van der Waals surface area contributed by atoms with Crippen LogP contribution in [0.5, 0.6) is 23.0 Å². The molecule has 272 valence electrons. The Morgan fingerprint density at radius 2 is 1.24 bits per heavy atom. The summed E-state index contributed by atoms with van der Waals surface area (Å²) in [6.45, 7) is 3.75. The number of thiocarbonyl (C=S) groups is 2. The van der Waals surface area contributed by atoms with Crippen LogP contribution in [-0.4, -0.2) is 64.9 Å². The second-order valence-electron chi connectivity index (χ2n) is 10.9. The fourth-order valence-corrected chi connectivity index (χ4v) is 4.80. The van der Waals surface area contributed by atoms with Gasteiger partial charge in [0.25, 0.3) is 0 Å². The Kier molecular flexibility index (Phi) is 19.0. The first-order valence-corrected chi connectivity index (χ1v) is 16.0. The van der Waals surface area contributed by atoms with E-state index in [9.17, 15) is 30.0 Å². The van der Waals surface area contributed by atoms with Crippen LogP contribution in [0.2, 0.25) is 0 Å². The number of aliphatic imine (C=N–C) groups is 1. The molecule has 0 aliphatic heterocycles. The van der Waals surface area contributed by atoms with Crippen LogP contribution in [0.25, 0.3) is 0 Å². The number of para-hydroxylation sites is 2. The fourth-order valence-electron chi connectivity index (χ4n) is 4.32. The van der Waals surface area contributed by atoms with Crippen LogP contribution in [0, 0.1) is 0 Å². The molecule has 4 aromatic carbocycles. The van der Waals surface area contributed by atoms with Crippen LogP contribution in [0.15, 0.2) is 102 Å². The lowest BCUT2D eigenvalue weighted by Crippen LogP contribution is -2.47.